The summed E-state index contributed by atoms with van der Waals surface area (Å²) in [6.45, 7) is 0. The number of carbonyl (C=O) groups is 2. The van der Waals surface area contributed by atoms with Gasteiger partial charge in [0.25, 0.3) is 5.91 Å². The van der Waals surface area contributed by atoms with E-state index in [2.05, 4.69) is 15.0 Å². The summed E-state index contributed by atoms with van der Waals surface area (Å²) in [7, 11) is 0. The molecule has 2 amide bonds. The van der Waals surface area contributed by atoms with Crippen molar-refractivity contribution in [3.63, 3.8) is 0 Å². The fraction of sp³-hybridized carbons (Fsp3) is 0.536. The number of aromatic hydroxyl groups is 1. The average molecular weight is 524 g/mol. The number of H-pyrrole nitrogens is 2. The molecule has 2 fully saturated rings. The molecular weight excluding hydrogens is 486 g/mol. The second kappa shape index (κ2) is 11.2. The molecule has 1 unspecified atom stereocenters. The van der Waals surface area contributed by atoms with Gasteiger partial charge in [-0.25, -0.2) is 4.98 Å². The van der Waals surface area contributed by atoms with E-state index in [4.69, 9.17) is 5.73 Å². The second-order valence-electron chi connectivity index (χ2n) is 11.0. The van der Waals surface area contributed by atoms with Crippen molar-refractivity contribution in [1.82, 2.24) is 19.9 Å². The Kier molecular flexibility index (Phi) is 7.71. The van der Waals surface area contributed by atoms with Crippen molar-refractivity contribution in [2.75, 3.05) is 0 Å². The van der Waals surface area contributed by atoms with Crippen molar-refractivity contribution in [2.24, 2.45) is 17.6 Å². The molecule has 2 aromatic heterocycles. The van der Waals surface area contributed by atoms with Crippen LogP contribution < -0.4 is 5.73 Å². The summed E-state index contributed by atoms with van der Waals surface area (Å²) in [5.41, 5.74) is 7.34. The number of phenols is 1. The highest BCUT2D eigenvalue weighted by Crippen LogP contribution is 2.38. The molecule has 0 spiro atoms. The molecule has 4 atom stereocenters. The van der Waals surface area contributed by atoms with Crippen LogP contribution in [0.1, 0.15) is 67.5 Å². The van der Waals surface area contributed by atoms with Crippen LogP contribution in [0.25, 0.3) is 10.9 Å². The standard InChI is InChI=1S/C28H37N5O5/c29-27(37)24(13-19-14-30-15-31-19)33(28(38)22-12-18-11-20(34)8-9-21(18)32-22)23(10-16-4-2-1-3-5-16)26(36)25(35)17-6-7-17/h8-9,11-12,14-17,23-26,32,34-36H,1-7,10,13H2,(H2,29,37)(H,30,31)/t23-,24?,25-,26+/m0/s1. The Balaban J connectivity index is 1.57. The maximum atomic E-state index is 14.3. The molecule has 0 aliphatic heterocycles. The van der Waals surface area contributed by atoms with Crippen LogP contribution in [0.15, 0.2) is 36.8 Å². The zero-order valence-electron chi connectivity index (χ0n) is 21.4. The van der Waals surface area contributed by atoms with Crippen LogP contribution >= 0.6 is 0 Å². The van der Waals surface area contributed by atoms with Gasteiger partial charge in [0.15, 0.2) is 0 Å². The Labute approximate surface area is 221 Å². The van der Waals surface area contributed by atoms with E-state index < -0.39 is 36.1 Å². The summed E-state index contributed by atoms with van der Waals surface area (Å²) in [4.78, 5) is 38.8. The molecule has 2 heterocycles. The number of phenolic OH excluding ortho intramolecular Hbond substituents is 1. The number of aromatic nitrogens is 3. The van der Waals surface area contributed by atoms with E-state index in [-0.39, 0.29) is 29.7 Å². The molecule has 38 heavy (non-hydrogen) atoms. The van der Waals surface area contributed by atoms with E-state index in [1.54, 1.807) is 24.4 Å². The molecule has 0 radical (unpaired) electrons. The number of nitrogens with zero attached hydrogens (tertiary/aromatic N) is 2. The lowest BCUT2D eigenvalue weighted by atomic mass is 9.81. The number of amides is 2. The lowest BCUT2D eigenvalue weighted by Gasteiger charge is -2.42. The van der Waals surface area contributed by atoms with E-state index in [0.29, 0.717) is 23.0 Å². The molecule has 3 aromatic rings. The molecule has 7 N–H and O–H groups in total. The quantitative estimate of drug-likeness (QED) is 0.226. The van der Waals surface area contributed by atoms with Gasteiger partial charge in [-0.05, 0) is 55.4 Å². The molecule has 0 bridgehead atoms. The summed E-state index contributed by atoms with van der Waals surface area (Å²) in [6.07, 6.45) is 8.32. The van der Waals surface area contributed by atoms with Crippen LogP contribution in [-0.2, 0) is 11.2 Å². The fourth-order valence-corrected chi connectivity index (χ4v) is 5.96. The number of nitrogens with one attached hydrogen (secondary N) is 2. The number of fused-ring (bicyclic) bond motifs is 1. The number of nitrogens with two attached hydrogens (primary N) is 1. The van der Waals surface area contributed by atoms with Crippen molar-refractivity contribution in [3.8, 4) is 5.75 Å². The highest BCUT2D eigenvalue weighted by molar-refractivity contribution is 6.00. The number of carbonyl (C=O) groups excluding carboxylic acids is 2. The Morgan fingerprint density at radius 1 is 1.11 bits per heavy atom. The van der Waals surface area contributed by atoms with Crippen molar-refractivity contribution in [1.29, 1.82) is 0 Å². The van der Waals surface area contributed by atoms with Gasteiger partial charge in [0.2, 0.25) is 5.91 Å². The first kappa shape index (κ1) is 26.2. The Hall–Kier alpha value is -3.37. The van der Waals surface area contributed by atoms with Crippen molar-refractivity contribution in [2.45, 2.75) is 82.1 Å². The molecule has 2 aliphatic rings. The van der Waals surface area contributed by atoms with Crippen LogP contribution in [0, 0.1) is 11.8 Å². The summed E-state index contributed by atoms with van der Waals surface area (Å²) in [5.74, 6) is -0.910. The highest BCUT2D eigenvalue weighted by atomic mass is 16.3. The van der Waals surface area contributed by atoms with Crippen molar-refractivity contribution >= 4 is 22.7 Å². The topological polar surface area (TPSA) is 169 Å². The van der Waals surface area contributed by atoms with Crippen molar-refractivity contribution in [3.05, 3.63) is 48.2 Å². The number of benzene rings is 1. The molecule has 2 aliphatic carbocycles. The van der Waals surface area contributed by atoms with Gasteiger partial charge in [-0.2, -0.15) is 0 Å². The van der Waals surface area contributed by atoms with E-state index in [1.165, 1.54) is 17.3 Å². The molecule has 10 nitrogen and oxygen atoms in total. The van der Waals surface area contributed by atoms with Gasteiger partial charge in [-0.15, -0.1) is 0 Å². The fourth-order valence-electron chi connectivity index (χ4n) is 5.96. The van der Waals surface area contributed by atoms with Gasteiger partial charge in [0, 0.05) is 23.5 Å². The summed E-state index contributed by atoms with van der Waals surface area (Å²) in [5, 5.41) is 33.1. The number of hydrogen-bond acceptors (Lipinski definition) is 6. The average Bonchev–Trinajstić information content (AvgIpc) is 3.46. The zero-order valence-corrected chi connectivity index (χ0v) is 21.4. The number of rotatable bonds is 11. The first-order valence-electron chi connectivity index (χ1n) is 13.6. The predicted octanol–water partition coefficient (Wildman–Crippen LogP) is 2.61. The minimum atomic E-state index is -1.23. The van der Waals surface area contributed by atoms with E-state index in [9.17, 15) is 24.9 Å². The smallest absolute Gasteiger partial charge is 0.271 e. The third kappa shape index (κ3) is 5.71. The van der Waals surface area contributed by atoms with E-state index in [1.807, 2.05) is 0 Å². The molecular formula is C28H37N5O5. The maximum Gasteiger partial charge on any atom is 0.271 e. The van der Waals surface area contributed by atoms with Crippen molar-refractivity contribution < 1.29 is 24.9 Å². The maximum absolute atomic E-state index is 14.3. The number of aromatic amines is 2. The summed E-state index contributed by atoms with van der Waals surface area (Å²) < 4.78 is 0. The molecule has 2 saturated carbocycles. The summed E-state index contributed by atoms with van der Waals surface area (Å²) in [6, 6.07) is 4.45. The third-order valence-corrected chi connectivity index (χ3v) is 8.20. The number of hydrogen-bond donors (Lipinski definition) is 6. The van der Waals surface area contributed by atoms with Crippen LogP contribution in [0.4, 0.5) is 0 Å². The highest BCUT2D eigenvalue weighted by Gasteiger charge is 2.45. The zero-order chi connectivity index (χ0) is 26.8. The minimum absolute atomic E-state index is 0.0229. The molecule has 0 saturated heterocycles. The number of aliphatic hydroxyl groups is 2. The Morgan fingerprint density at radius 2 is 1.87 bits per heavy atom. The van der Waals surface area contributed by atoms with Gasteiger partial charge in [0.05, 0.1) is 24.2 Å². The molecule has 1 aromatic carbocycles. The minimum Gasteiger partial charge on any atom is -0.508 e. The first-order chi connectivity index (χ1) is 18.3. The van der Waals surface area contributed by atoms with Crippen LogP contribution in [-0.4, -0.2) is 71.3 Å². The van der Waals surface area contributed by atoms with Gasteiger partial charge < -0.3 is 35.9 Å². The number of aliphatic hydroxyl groups excluding tert-OH is 2. The molecule has 10 heteroatoms. The molecule has 204 valence electrons. The van der Waals surface area contributed by atoms with Crippen LogP contribution in [0.3, 0.4) is 0 Å². The van der Waals surface area contributed by atoms with Gasteiger partial charge in [-0.1, -0.05) is 32.1 Å². The van der Waals surface area contributed by atoms with Gasteiger partial charge >= 0.3 is 0 Å². The Bertz CT molecular complexity index is 1250. The monoisotopic (exact) mass is 523 g/mol. The third-order valence-electron chi connectivity index (χ3n) is 8.20. The molecule has 5 rings (SSSR count). The Morgan fingerprint density at radius 3 is 2.53 bits per heavy atom. The predicted molar refractivity (Wildman–Crippen MR) is 141 cm³/mol. The largest absolute Gasteiger partial charge is 0.508 e. The summed E-state index contributed by atoms with van der Waals surface area (Å²) >= 11 is 0. The van der Waals surface area contributed by atoms with Crippen LogP contribution in [0.2, 0.25) is 0 Å². The lowest BCUT2D eigenvalue weighted by molar-refractivity contribution is -0.125. The van der Waals surface area contributed by atoms with E-state index in [0.717, 1.165) is 44.9 Å². The number of primary amides is 1. The lowest BCUT2D eigenvalue weighted by Crippen LogP contribution is -2.60. The number of imidazole rings is 1. The normalized spacial score (nSPS) is 19.6. The SMILES string of the molecule is NC(=O)C(Cc1c[nH]cn1)N(C(=O)c1cc2cc(O)ccc2[nH]1)[C@@H](CC1CCCCC1)[C@@H](O)[C@@H](O)C1CC1. The van der Waals surface area contributed by atoms with E-state index >= 15 is 0 Å². The second-order valence-corrected chi connectivity index (χ2v) is 11.0. The van der Waals surface area contributed by atoms with Gasteiger partial charge in [-0.3, -0.25) is 9.59 Å². The van der Waals surface area contributed by atoms with Crippen LogP contribution in [0.5, 0.6) is 5.75 Å². The first-order valence-corrected chi connectivity index (χ1v) is 13.6. The van der Waals surface area contributed by atoms with Gasteiger partial charge in [0.1, 0.15) is 23.6 Å².